The Bertz CT molecular complexity index is 592. The maximum absolute atomic E-state index is 6.09. The zero-order valence-corrected chi connectivity index (χ0v) is 11.8. The fraction of sp³-hybridized carbons (Fsp3) is 0.294. The average molecular weight is 269 g/mol. The monoisotopic (exact) mass is 269 g/mol. The van der Waals surface area contributed by atoms with Gasteiger partial charge in [0.2, 0.25) is 0 Å². The van der Waals surface area contributed by atoms with E-state index in [0.717, 1.165) is 35.7 Å². The Labute approximate surface area is 119 Å². The largest absolute Gasteiger partial charge is 0.497 e. The lowest BCUT2D eigenvalue weighted by atomic mass is 10.1. The van der Waals surface area contributed by atoms with Crippen LogP contribution in [-0.2, 0) is 6.42 Å². The number of benzene rings is 2. The van der Waals surface area contributed by atoms with Gasteiger partial charge in [0.05, 0.1) is 19.3 Å². The molecule has 104 valence electrons. The number of nitrogens with one attached hydrogen (secondary N) is 1. The number of ether oxygens (including phenoxy) is 2. The molecule has 0 saturated heterocycles. The fourth-order valence-corrected chi connectivity index (χ4v) is 2.44. The normalized spacial score (nSPS) is 16.8. The van der Waals surface area contributed by atoms with Gasteiger partial charge in [-0.25, -0.2) is 0 Å². The summed E-state index contributed by atoms with van der Waals surface area (Å²) >= 11 is 0. The zero-order valence-electron chi connectivity index (χ0n) is 11.8. The molecule has 20 heavy (non-hydrogen) atoms. The van der Waals surface area contributed by atoms with Crippen LogP contribution in [0.5, 0.6) is 11.5 Å². The van der Waals surface area contributed by atoms with Crippen molar-refractivity contribution in [3.05, 3.63) is 53.6 Å². The van der Waals surface area contributed by atoms with Crippen LogP contribution in [0.2, 0.25) is 0 Å². The Hall–Kier alpha value is -2.16. The van der Waals surface area contributed by atoms with Gasteiger partial charge >= 0.3 is 0 Å². The van der Waals surface area contributed by atoms with Crippen molar-refractivity contribution in [2.75, 3.05) is 19.0 Å². The van der Waals surface area contributed by atoms with Crippen LogP contribution in [0, 0.1) is 0 Å². The van der Waals surface area contributed by atoms with E-state index in [0.29, 0.717) is 0 Å². The highest BCUT2D eigenvalue weighted by Crippen LogP contribution is 2.35. The molecule has 3 rings (SSSR count). The van der Waals surface area contributed by atoms with E-state index in [1.54, 1.807) is 7.11 Å². The van der Waals surface area contributed by atoms with E-state index in [1.165, 1.54) is 5.56 Å². The molecule has 1 N–H and O–H groups in total. The standard InChI is InChI=1S/C17H19NO2/c1-3-12-4-9-16-15(10-12)18-11-17(20-16)13-5-7-14(19-2)8-6-13/h4-10,17-18H,3,11H2,1-2H3. The van der Waals surface area contributed by atoms with Crippen molar-refractivity contribution in [1.82, 2.24) is 0 Å². The maximum Gasteiger partial charge on any atom is 0.143 e. The van der Waals surface area contributed by atoms with Crippen molar-refractivity contribution in [2.45, 2.75) is 19.4 Å². The van der Waals surface area contributed by atoms with Crippen LogP contribution in [0.4, 0.5) is 5.69 Å². The number of methoxy groups -OCH3 is 1. The number of rotatable bonds is 3. The van der Waals surface area contributed by atoms with E-state index in [9.17, 15) is 0 Å². The Morgan fingerprint density at radius 3 is 2.70 bits per heavy atom. The molecule has 0 aliphatic carbocycles. The van der Waals surface area contributed by atoms with Crippen molar-refractivity contribution in [1.29, 1.82) is 0 Å². The van der Waals surface area contributed by atoms with Gasteiger partial charge in [-0.2, -0.15) is 0 Å². The molecule has 0 spiro atoms. The predicted octanol–water partition coefficient (Wildman–Crippen LogP) is 3.80. The van der Waals surface area contributed by atoms with Crippen LogP contribution in [-0.4, -0.2) is 13.7 Å². The van der Waals surface area contributed by atoms with Crippen molar-refractivity contribution in [3.63, 3.8) is 0 Å². The molecular weight excluding hydrogens is 250 g/mol. The number of hydrogen-bond acceptors (Lipinski definition) is 3. The van der Waals surface area contributed by atoms with Crippen molar-refractivity contribution >= 4 is 5.69 Å². The third-order valence-electron chi connectivity index (χ3n) is 3.69. The maximum atomic E-state index is 6.09. The number of fused-ring (bicyclic) bond motifs is 1. The molecule has 1 unspecified atom stereocenters. The van der Waals surface area contributed by atoms with E-state index < -0.39 is 0 Å². The minimum Gasteiger partial charge on any atom is -0.497 e. The first kappa shape index (κ1) is 12.9. The van der Waals surface area contributed by atoms with Gasteiger partial charge in [0.1, 0.15) is 17.6 Å². The van der Waals surface area contributed by atoms with Gasteiger partial charge in [-0.1, -0.05) is 25.1 Å². The third-order valence-corrected chi connectivity index (χ3v) is 3.69. The number of anilines is 1. The quantitative estimate of drug-likeness (QED) is 0.919. The molecule has 3 nitrogen and oxygen atoms in total. The van der Waals surface area contributed by atoms with Crippen LogP contribution in [0.15, 0.2) is 42.5 Å². The Balaban J connectivity index is 1.80. The summed E-state index contributed by atoms with van der Waals surface area (Å²) in [6.45, 7) is 2.94. The molecule has 0 fully saturated rings. The number of hydrogen-bond donors (Lipinski definition) is 1. The van der Waals surface area contributed by atoms with Gasteiger partial charge in [-0.05, 0) is 41.8 Å². The van der Waals surface area contributed by atoms with Gasteiger partial charge in [-0.3, -0.25) is 0 Å². The minimum atomic E-state index is 0.0425. The first-order valence-electron chi connectivity index (χ1n) is 6.97. The molecule has 3 heteroatoms. The highest BCUT2D eigenvalue weighted by Gasteiger charge is 2.20. The van der Waals surface area contributed by atoms with Gasteiger partial charge in [-0.15, -0.1) is 0 Å². The summed E-state index contributed by atoms with van der Waals surface area (Å²) in [5.41, 5.74) is 3.57. The number of aryl methyl sites for hydroxylation is 1. The highest BCUT2D eigenvalue weighted by atomic mass is 16.5. The summed E-state index contributed by atoms with van der Waals surface area (Å²) in [5.74, 6) is 1.79. The SMILES string of the molecule is CCc1ccc2c(c1)NCC(c1ccc(OC)cc1)O2. The van der Waals surface area contributed by atoms with E-state index >= 15 is 0 Å². The lowest BCUT2D eigenvalue weighted by molar-refractivity contribution is 0.210. The van der Waals surface area contributed by atoms with Crippen LogP contribution in [0.1, 0.15) is 24.2 Å². The lowest BCUT2D eigenvalue weighted by Crippen LogP contribution is -2.23. The van der Waals surface area contributed by atoms with E-state index in [1.807, 2.05) is 12.1 Å². The summed E-state index contributed by atoms with van der Waals surface area (Å²) < 4.78 is 11.3. The third kappa shape index (κ3) is 2.44. The first-order chi connectivity index (χ1) is 9.80. The van der Waals surface area contributed by atoms with Gasteiger partial charge in [0, 0.05) is 0 Å². The van der Waals surface area contributed by atoms with E-state index in [-0.39, 0.29) is 6.10 Å². The van der Waals surface area contributed by atoms with Gasteiger partial charge in [0.25, 0.3) is 0 Å². The zero-order chi connectivity index (χ0) is 13.9. The van der Waals surface area contributed by atoms with E-state index in [2.05, 4.69) is 42.6 Å². The average Bonchev–Trinajstić information content (AvgIpc) is 2.54. The molecule has 0 amide bonds. The Morgan fingerprint density at radius 1 is 1.20 bits per heavy atom. The van der Waals surface area contributed by atoms with Crippen molar-refractivity contribution < 1.29 is 9.47 Å². The lowest BCUT2D eigenvalue weighted by Gasteiger charge is -2.28. The van der Waals surface area contributed by atoms with Crippen LogP contribution >= 0.6 is 0 Å². The fourth-order valence-electron chi connectivity index (χ4n) is 2.44. The molecule has 1 heterocycles. The van der Waals surface area contributed by atoms with Crippen LogP contribution in [0.3, 0.4) is 0 Å². The molecule has 2 aromatic carbocycles. The van der Waals surface area contributed by atoms with Crippen molar-refractivity contribution in [3.8, 4) is 11.5 Å². The second-order valence-corrected chi connectivity index (χ2v) is 4.94. The Morgan fingerprint density at radius 2 is 2.00 bits per heavy atom. The first-order valence-corrected chi connectivity index (χ1v) is 6.97. The summed E-state index contributed by atoms with van der Waals surface area (Å²) in [7, 11) is 1.68. The molecule has 0 bridgehead atoms. The summed E-state index contributed by atoms with van der Waals surface area (Å²) in [6, 6.07) is 14.4. The van der Waals surface area contributed by atoms with Crippen LogP contribution < -0.4 is 14.8 Å². The summed E-state index contributed by atoms with van der Waals surface area (Å²) in [5, 5.41) is 3.46. The summed E-state index contributed by atoms with van der Waals surface area (Å²) in [6.07, 6.45) is 1.08. The van der Waals surface area contributed by atoms with E-state index in [4.69, 9.17) is 9.47 Å². The molecule has 0 radical (unpaired) electrons. The highest BCUT2D eigenvalue weighted by molar-refractivity contribution is 5.60. The minimum absolute atomic E-state index is 0.0425. The Kier molecular flexibility index (Phi) is 3.50. The predicted molar refractivity (Wildman–Crippen MR) is 80.7 cm³/mol. The van der Waals surface area contributed by atoms with Gasteiger partial charge in [0.15, 0.2) is 0 Å². The molecule has 0 aromatic heterocycles. The molecule has 2 aromatic rings. The van der Waals surface area contributed by atoms with Gasteiger partial charge < -0.3 is 14.8 Å². The second-order valence-electron chi connectivity index (χ2n) is 4.94. The molecular formula is C17H19NO2. The second kappa shape index (κ2) is 5.45. The summed E-state index contributed by atoms with van der Waals surface area (Å²) in [4.78, 5) is 0. The van der Waals surface area contributed by atoms with Crippen molar-refractivity contribution in [2.24, 2.45) is 0 Å². The topological polar surface area (TPSA) is 30.5 Å². The smallest absolute Gasteiger partial charge is 0.143 e. The molecule has 0 saturated carbocycles. The van der Waals surface area contributed by atoms with Crippen LogP contribution in [0.25, 0.3) is 0 Å². The molecule has 1 aliphatic rings. The molecule has 1 atom stereocenters. The molecule has 1 aliphatic heterocycles.